The second kappa shape index (κ2) is 4.52. The Labute approximate surface area is 109 Å². The fourth-order valence-electron chi connectivity index (χ4n) is 1.84. The van der Waals surface area contributed by atoms with Gasteiger partial charge in [0.1, 0.15) is 0 Å². The molecule has 0 saturated heterocycles. The van der Waals surface area contributed by atoms with Gasteiger partial charge < -0.3 is 0 Å². The van der Waals surface area contributed by atoms with E-state index < -0.39 is 20.9 Å². The predicted molar refractivity (Wildman–Crippen MR) is 68.4 cm³/mol. The SMILES string of the molecule is O=C1C=C([Te]c2cccc3ccccc23)CO1. The van der Waals surface area contributed by atoms with Gasteiger partial charge in [0, 0.05) is 0 Å². The van der Waals surface area contributed by atoms with Crippen LogP contribution in [-0.2, 0) is 9.53 Å². The van der Waals surface area contributed by atoms with Gasteiger partial charge in [0.05, 0.1) is 0 Å². The van der Waals surface area contributed by atoms with Crippen molar-refractivity contribution in [3.05, 3.63) is 52.2 Å². The zero-order valence-corrected chi connectivity index (χ0v) is 11.4. The van der Waals surface area contributed by atoms with Crippen molar-refractivity contribution < 1.29 is 9.53 Å². The summed E-state index contributed by atoms with van der Waals surface area (Å²) in [5.74, 6) is -0.190. The molecule has 1 heterocycles. The van der Waals surface area contributed by atoms with Gasteiger partial charge in [0.2, 0.25) is 0 Å². The van der Waals surface area contributed by atoms with Crippen LogP contribution in [-0.4, -0.2) is 33.5 Å². The fraction of sp³-hybridized carbons (Fsp3) is 0.0714. The average Bonchev–Trinajstić information content (AvgIpc) is 2.75. The molecule has 2 aromatic carbocycles. The van der Waals surface area contributed by atoms with E-state index in [0.717, 1.165) is 0 Å². The van der Waals surface area contributed by atoms with E-state index in [1.54, 1.807) is 6.08 Å². The number of carbonyl (C=O) groups excluding carboxylic acids is 1. The van der Waals surface area contributed by atoms with Crippen molar-refractivity contribution >= 4 is 41.3 Å². The molecule has 0 aliphatic carbocycles. The number of benzene rings is 2. The molecule has 2 nitrogen and oxygen atoms in total. The number of carbonyl (C=O) groups is 1. The van der Waals surface area contributed by atoms with E-state index in [-0.39, 0.29) is 5.97 Å². The summed E-state index contributed by atoms with van der Waals surface area (Å²) in [4.78, 5) is 11.0. The number of cyclic esters (lactones) is 1. The first-order valence-electron chi connectivity index (χ1n) is 5.36. The molecule has 3 heteroatoms. The van der Waals surface area contributed by atoms with Gasteiger partial charge in [-0.05, 0) is 0 Å². The molecule has 1 aliphatic rings. The van der Waals surface area contributed by atoms with Gasteiger partial charge in [0.15, 0.2) is 0 Å². The minimum atomic E-state index is -0.486. The molecule has 0 bridgehead atoms. The number of hydrogen-bond donors (Lipinski definition) is 0. The Morgan fingerprint density at radius 3 is 2.71 bits per heavy atom. The summed E-state index contributed by atoms with van der Waals surface area (Å²) in [7, 11) is 0. The van der Waals surface area contributed by atoms with Crippen molar-refractivity contribution in [3.63, 3.8) is 0 Å². The number of ether oxygens (including phenoxy) is 1. The molecule has 0 unspecified atom stereocenters. The van der Waals surface area contributed by atoms with E-state index >= 15 is 0 Å². The maximum absolute atomic E-state index is 11.0. The molecule has 0 N–H and O–H groups in total. The average molecular weight is 338 g/mol. The summed E-state index contributed by atoms with van der Waals surface area (Å²) in [6.07, 6.45) is 1.66. The van der Waals surface area contributed by atoms with Crippen LogP contribution in [0.2, 0.25) is 0 Å². The summed E-state index contributed by atoms with van der Waals surface area (Å²) in [5, 5.41) is 2.57. The molecule has 1 aliphatic heterocycles. The van der Waals surface area contributed by atoms with Crippen molar-refractivity contribution in [2.45, 2.75) is 0 Å². The minimum absolute atomic E-state index is 0.190. The predicted octanol–water partition coefficient (Wildman–Crippen LogP) is 1.61. The Kier molecular flexibility index (Phi) is 2.88. The second-order valence-electron chi connectivity index (χ2n) is 3.80. The van der Waals surface area contributed by atoms with Gasteiger partial charge in [0.25, 0.3) is 0 Å². The molecule has 2 aromatic rings. The van der Waals surface area contributed by atoms with Gasteiger partial charge in [-0.3, -0.25) is 0 Å². The van der Waals surface area contributed by atoms with E-state index in [4.69, 9.17) is 4.74 Å². The van der Waals surface area contributed by atoms with Crippen molar-refractivity contribution in [2.24, 2.45) is 0 Å². The Balaban J connectivity index is 2.00. The summed E-state index contributed by atoms with van der Waals surface area (Å²) >= 11 is -0.486. The van der Waals surface area contributed by atoms with Crippen LogP contribution < -0.4 is 3.61 Å². The standard InChI is InChI=1S/C14H10O2Te/c15-14-8-11(9-16-14)17-13-7-3-5-10-4-1-2-6-12(10)13/h1-8H,9H2. The van der Waals surface area contributed by atoms with Gasteiger partial charge in [-0.15, -0.1) is 0 Å². The summed E-state index contributed by atoms with van der Waals surface area (Å²) in [6, 6.07) is 14.7. The number of rotatable bonds is 2. The Bertz CT molecular complexity index is 611. The number of fused-ring (bicyclic) bond motifs is 1. The molecular formula is C14H10O2Te. The summed E-state index contributed by atoms with van der Waals surface area (Å²) in [5.41, 5.74) is 0. The quantitative estimate of drug-likeness (QED) is 0.615. The van der Waals surface area contributed by atoms with E-state index in [1.807, 2.05) is 6.07 Å². The third kappa shape index (κ3) is 2.22. The van der Waals surface area contributed by atoms with E-state index in [2.05, 4.69) is 36.4 Å². The summed E-state index contributed by atoms with van der Waals surface area (Å²) in [6.45, 7) is 0.490. The van der Waals surface area contributed by atoms with Crippen molar-refractivity contribution in [1.29, 1.82) is 0 Å². The van der Waals surface area contributed by atoms with E-state index in [0.29, 0.717) is 6.61 Å². The molecule has 0 spiro atoms. The first-order chi connectivity index (χ1) is 8.33. The van der Waals surface area contributed by atoms with Crippen LogP contribution in [0.5, 0.6) is 0 Å². The molecule has 0 radical (unpaired) electrons. The van der Waals surface area contributed by atoms with Gasteiger partial charge in [-0.2, -0.15) is 0 Å². The zero-order chi connectivity index (χ0) is 11.7. The Morgan fingerprint density at radius 1 is 1.06 bits per heavy atom. The van der Waals surface area contributed by atoms with E-state index in [9.17, 15) is 4.79 Å². The zero-order valence-electron chi connectivity index (χ0n) is 9.05. The normalized spacial score (nSPS) is 14.8. The maximum atomic E-state index is 11.0. The van der Waals surface area contributed by atoms with Crippen LogP contribution in [0.1, 0.15) is 0 Å². The van der Waals surface area contributed by atoms with Crippen LogP contribution in [0.3, 0.4) is 0 Å². The molecular weight excluding hydrogens is 328 g/mol. The molecule has 0 aromatic heterocycles. The first kappa shape index (κ1) is 10.8. The van der Waals surface area contributed by atoms with Gasteiger partial charge in [-0.1, -0.05) is 0 Å². The molecule has 84 valence electrons. The van der Waals surface area contributed by atoms with Gasteiger partial charge >= 0.3 is 110 Å². The number of esters is 1. The summed E-state index contributed by atoms with van der Waals surface area (Å²) < 4.78 is 7.50. The van der Waals surface area contributed by atoms with Crippen LogP contribution in [0.25, 0.3) is 10.8 Å². The molecule has 0 amide bonds. The van der Waals surface area contributed by atoms with Crippen molar-refractivity contribution in [1.82, 2.24) is 0 Å². The molecule has 0 fully saturated rings. The molecule has 0 saturated carbocycles. The van der Waals surface area contributed by atoms with Crippen molar-refractivity contribution in [3.8, 4) is 0 Å². The van der Waals surface area contributed by atoms with Gasteiger partial charge in [-0.25, -0.2) is 0 Å². The molecule has 17 heavy (non-hydrogen) atoms. The molecule has 0 atom stereocenters. The Hall–Kier alpha value is -1.30. The van der Waals surface area contributed by atoms with Crippen LogP contribution >= 0.6 is 0 Å². The van der Waals surface area contributed by atoms with Crippen molar-refractivity contribution in [2.75, 3.05) is 6.61 Å². The van der Waals surface area contributed by atoms with Crippen LogP contribution in [0.15, 0.2) is 52.2 Å². The topological polar surface area (TPSA) is 26.3 Å². The Morgan fingerprint density at radius 2 is 1.88 bits per heavy atom. The monoisotopic (exact) mass is 340 g/mol. The van der Waals surface area contributed by atoms with E-state index in [1.165, 1.54) is 18.0 Å². The third-order valence-corrected chi connectivity index (χ3v) is 5.69. The molecule has 3 rings (SSSR count). The third-order valence-electron chi connectivity index (χ3n) is 2.63. The second-order valence-corrected chi connectivity index (χ2v) is 7.13. The van der Waals surface area contributed by atoms with Crippen LogP contribution in [0, 0.1) is 0 Å². The number of hydrogen-bond acceptors (Lipinski definition) is 2. The fourth-order valence-corrected chi connectivity index (χ4v) is 4.69. The first-order valence-corrected chi connectivity index (χ1v) is 7.69. The van der Waals surface area contributed by atoms with Crippen LogP contribution in [0.4, 0.5) is 0 Å².